The van der Waals surface area contributed by atoms with Crippen molar-refractivity contribution < 1.29 is 61.2 Å². The summed E-state index contributed by atoms with van der Waals surface area (Å²) in [7, 11) is 0. The number of alkyl halides is 3. The van der Waals surface area contributed by atoms with Gasteiger partial charge in [0.25, 0.3) is 19.4 Å². The molecular weight excluding hydrogens is 879 g/mol. The van der Waals surface area contributed by atoms with Crippen LogP contribution in [-0.4, -0.2) is 67.5 Å². The average Bonchev–Trinajstić information content (AvgIpc) is 3.14. The third-order valence-corrected chi connectivity index (χ3v) is 7.08. The molecule has 14 nitrogen and oxygen atoms in total. The number of hydrogen-bond donors (Lipinski definition) is 1. The molecule has 0 saturated heterocycles. The average molecular weight is 918 g/mol. The SMILES string of the molecule is CC(C)(C)N(c1ccnc(/C([NH-])=C/C(=N)C(F)(F)F)c1)C(C)(C)C.O=CO/C=C/c1ccnc(-c2cc(OC=O)cc(-c3cc(/C=C/OC=O)ccn3)n2)c1.[N-]=C=S.[Ru+2]. The molecule has 0 atom stereocenters. The normalized spacial score (nSPS) is 11.4. The van der Waals surface area contributed by atoms with Crippen LogP contribution in [0.4, 0.5) is 18.9 Å². The van der Waals surface area contributed by atoms with Gasteiger partial charge in [-0.1, -0.05) is 12.2 Å². The molecule has 310 valence electrons. The molecule has 0 fully saturated rings. The molecule has 0 bridgehead atoms. The number of pyridine rings is 4. The first-order valence-corrected chi connectivity index (χ1v) is 17.1. The monoisotopic (exact) mass is 918 g/mol. The zero-order valence-electron chi connectivity index (χ0n) is 32.5. The number of anilines is 1. The molecule has 0 saturated carbocycles. The predicted octanol–water partition coefficient (Wildman–Crippen LogP) is 9.14. The summed E-state index contributed by atoms with van der Waals surface area (Å²) in [6.07, 6.45) is 5.98. The van der Waals surface area contributed by atoms with Crippen LogP contribution in [0.1, 0.15) is 58.4 Å². The summed E-state index contributed by atoms with van der Waals surface area (Å²) in [6, 6.07) is 13.4. The molecule has 0 aliphatic carbocycles. The minimum atomic E-state index is -4.77. The van der Waals surface area contributed by atoms with Gasteiger partial charge in [-0.05, 0) is 107 Å². The van der Waals surface area contributed by atoms with Gasteiger partial charge in [-0.2, -0.15) is 18.3 Å². The van der Waals surface area contributed by atoms with Crippen molar-refractivity contribution in [3.63, 3.8) is 0 Å². The smallest absolute Gasteiger partial charge is 0.753 e. The maximum atomic E-state index is 12.5. The topological polar surface area (TPSA) is 204 Å². The van der Waals surface area contributed by atoms with E-state index in [0.717, 1.165) is 16.8 Å². The Balaban J connectivity index is 0.000000560. The van der Waals surface area contributed by atoms with E-state index in [9.17, 15) is 27.6 Å². The molecule has 4 aromatic heterocycles. The van der Waals surface area contributed by atoms with Crippen LogP contribution in [0.25, 0.3) is 51.8 Å². The van der Waals surface area contributed by atoms with Gasteiger partial charge in [-0.3, -0.25) is 34.7 Å². The van der Waals surface area contributed by atoms with Gasteiger partial charge in [0.2, 0.25) is 0 Å². The van der Waals surface area contributed by atoms with Crippen molar-refractivity contribution in [1.82, 2.24) is 19.9 Å². The van der Waals surface area contributed by atoms with Crippen LogP contribution in [0.5, 0.6) is 5.75 Å². The molecule has 0 amide bonds. The molecule has 59 heavy (non-hydrogen) atoms. The summed E-state index contributed by atoms with van der Waals surface area (Å²) in [6.45, 7) is 13.2. The van der Waals surface area contributed by atoms with Crippen LogP contribution < -0.4 is 9.64 Å². The van der Waals surface area contributed by atoms with Crippen molar-refractivity contribution in [2.75, 3.05) is 4.90 Å². The summed E-state index contributed by atoms with van der Waals surface area (Å²) in [5.41, 5.74) is 9.51. The van der Waals surface area contributed by atoms with Gasteiger partial charge in [0.05, 0.1) is 35.3 Å². The summed E-state index contributed by atoms with van der Waals surface area (Å²) in [4.78, 5) is 50.8. The number of aromatic nitrogens is 4. The molecule has 19 heteroatoms. The second-order valence-electron chi connectivity index (χ2n) is 13.4. The number of ether oxygens (including phenoxy) is 3. The van der Waals surface area contributed by atoms with E-state index in [1.807, 2.05) is 41.5 Å². The van der Waals surface area contributed by atoms with Crippen molar-refractivity contribution in [2.24, 2.45) is 0 Å². The number of thiocarbonyl (C=S) groups is 1. The van der Waals surface area contributed by atoms with E-state index < -0.39 is 17.6 Å². The molecule has 2 N–H and O–H groups in total. The maximum absolute atomic E-state index is 12.5. The number of rotatable bonds is 13. The summed E-state index contributed by atoms with van der Waals surface area (Å²) in [5.74, 6) is 0.258. The maximum Gasteiger partial charge on any atom is 2.00 e. The molecule has 4 aromatic rings. The second kappa shape index (κ2) is 23.8. The largest absolute Gasteiger partial charge is 2.00 e. The van der Waals surface area contributed by atoms with E-state index in [1.54, 1.807) is 73.1 Å². The fourth-order valence-electron chi connectivity index (χ4n) is 5.36. The fraction of sp³-hybridized carbons (Fsp3) is 0.225. The third-order valence-electron chi connectivity index (χ3n) is 7.08. The molecule has 0 spiro atoms. The molecule has 0 unspecified atom stereocenters. The van der Waals surface area contributed by atoms with Crippen LogP contribution in [0.15, 0.2) is 85.7 Å². The summed E-state index contributed by atoms with van der Waals surface area (Å²) >= 11 is 3.70. The van der Waals surface area contributed by atoms with Gasteiger partial charge in [0.15, 0.2) is 0 Å². The Labute approximate surface area is 357 Å². The number of hydrogen-bond acceptors (Lipinski definition) is 13. The first-order valence-electron chi connectivity index (χ1n) is 16.7. The summed E-state index contributed by atoms with van der Waals surface area (Å²) in [5, 5.41) is 15.5. The Hall–Kier alpha value is -6.29. The van der Waals surface area contributed by atoms with Crippen molar-refractivity contribution in [1.29, 1.82) is 5.41 Å². The number of isothiocyanates is 1. The van der Waals surface area contributed by atoms with Gasteiger partial charge in [0.1, 0.15) is 11.5 Å². The van der Waals surface area contributed by atoms with Crippen LogP contribution in [0.2, 0.25) is 0 Å². The van der Waals surface area contributed by atoms with E-state index in [1.165, 1.54) is 23.9 Å². The van der Waals surface area contributed by atoms with Gasteiger partial charge in [-0.25, -0.2) is 4.98 Å². The van der Waals surface area contributed by atoms with E-state index in [4.69, 9.17) is 21.3 Å². The van der Waals surface area contributed by atoms with E-state index in [-0.39, 0.29) is 42.0 Å². The fourth-order valence-corrected chi connectivity index (χ4v) is 5.36. The Morgan fingerprint density at radius 1 is 0.780 bits per heavy atom. The number of carbonyl (C=O) groups is 3. The Kier molecular flexibility index (Phi) is 20.5. The van der Waals surface area contributed by atoms with Crippen LogP contribution in [-0.2, 0) is 43.3 Å². The Morgan fingerprint density at radius 2 is 1.24 bits per heavy atom. The zero-order chi connectivity index (χ0) is 43.5. The van der Waals surface area contributed by atoms with Gasteiger partial charge >= 0.3 is 25.7 Å². The van der Waals surface area contributed by atoms with E-state index in [2.05, 4.69) is 46.5 Å². The molecule has 0 radical (unpaired) electrons. The van der Waals surface area contributed by atoms with Crippen LogP contribution in [0.3, 0.4) is 0 Å². The van der Waals surface area contributed by atoms with E-state index in [0.29, 0.717) is 48.3 Å². The Morgan fingerprint density at radius 3 is 1.64 bits per heavy atom. The van der Waals surface area contributed by atoms with Crippen LogP contribution in [0, 0.1) is 5.41 Å². The number of carbonyl (C=O) groups excluding carboxylic acids is 3. The summed E-state index contributed by atoms with van der Waals surface area (Å²) < 4.78 is 51.5. The quantitative estimate of drug-likeness (QED) is 0.0439. The zero-order valence-corrected chi connectivity index (χ0v) is 35.1. The molecular formula is C40H39F3N8O6RuS. The number of halogens is 3. The van der Waals surface area contributed by atoms with Crippen molar-refractivity contribution in [3.05, 3.63) is 114 Å². The minimum Gasteiger partial charge on any atom is -0.753 e. The number of allylic oxidation sites excluding steroid dienone is 1. The first kappa shape index (κ1) is 50.7. The van der Waals surface area contributed by atoms with Gasteiger partial charge < -0.3 is 30.3 Å². The molecule has 0 aliphatic rings. The predicted molar refractivity (Wildman–Crippen MR) is 218 cm³/mol. The molecule has 0 aromatic carbocycles. The van der Waals surface area contributed by atoms with Crippen molar-refractivity contribution >= 4 is 66.0 Å². The van der Waals surface area contributed by atoms with Gasteiger partial charge in [-0.15, -0.1) is 5.70 Å². The van der Waals surface area contributed by atoms with Crippen molar-refractivity contribution in [2.45, 2.75) is 58.8 Å². The van der Waals surface area contributed by atoms with Crippen molar-refractivity contribution in [3.8, 4) is 28.5 Å². The Bertz CT molecular complexity index is 2090. The molecule has 4 heterocycles. The standard InChI is InChI=1S/C22H15N3O6.C17H24F3N4.CNS.Ru/c26-13-29-7-3-16-1-5-23-19(9-16)21-11-18(31-15-28)12-22(25-21)20-10-17(2-6-24-20)4-8-30-14-27;1-15(2,3)24(16(4,5)6)11-7-8-23-13(9-11)12(21)10-14(22)17(18,19)20;2-1-3;/h1-15H;7-10,21-22H,1-6H3;;/q;2*-1;+2/b7-3+,8-4+;12-10-,22-14?;;. The van der Waals surface area contributed by atoms with E-state index >= 15 is 0 Å². The second-order valence-corrected chi connectivity index (χ2v) is 13.6. The number of nitrogens with one attached hydrogen (secondary N) is 2. The number of nitrogens with zero attached hydrogens (tertiary/aromatic N) is 6. The van der Waals surface area contributed by atoms with Gasteiger partial charge in [0, 0.05) is 53.2 Å². The van der Waals surface area contributed by atoms with Crippen LogP contribution >= 0.6 is 12.2 Å². The first-order chi connectivity index (χ1) is 27.3. The molecule has 0 aliphatic heterocycles. The molecule has 4 rings (SSSR count). The third kappa shape index (κ3) is 17.0. The minimum absolute atomic E-state index is 0.